The molecule has 1 aliphatic carbocycles. The molecule has 7 nitrogen and oxygen atoms in total. The van der Waals surface area contributed by atoms with Crippen LogP contribution in [0.4, 0.5) is 11.5 Å². The van der Waals surface area contributed by atoms with Gasteiger partial charge in [0.05, 0.1) is 30.8 Å². The standard InChI is InChI=1S/C38H37N5O2/c1-37(18-19-37)45-35-26-32(36(39)28-17-20-40-34(25-28)43-21-23-44-24-22-43)33(27-41-35)42-38(29-11-5-2-6-12-29,30-13-7-3-8-14-30)31-15-9-4-10-16-31/h2-17,20,25-27,39,42H,18-19,21-24H2,1H3. The summed E-state index contributed by atoms with van der Waals surface area (Å²) < 4.78 is 11.9. The van der Waals surface area contributed by atoms with Gasteiger partial charge in [-0.25, -0.2) is 9.97 Å². The second-order valence-corrected chi connectivity index (χ2v) is 12.0. The van der Waals surface area contributed by atoms with Crippen LogP contribution in [0.15, 0.2) is 122 Å². The number of nitrogens with zero attached hydrogens (tertiary/aromatic N) is 3. The third-order valence-corrected chi connectivity index (χ3v) is 8.77. The molecule has 3 heterocycles. The summed E-state index contributed by atoms with van der Waals surface area (Å²) in [6.07, 6.45) is 5.59. The van der Waals surface area contributed by atoms with E-state index in [2.05, 4.69) is 94.9 Å². The topological polar surface area (TPSA) is 83.4 Å². The fourth-order valence-electron chi connectivity index (χ4n) is 6.01. The molecule has 5 aromatic rings. The molecule has 0 unspecified atom stereocenters. The van der Waals surface area contributed by atoms with Crippen molar-refractivity contribution in [2.24, 2.45) is 0 Å². The van der Waals surface area contributed by atoms with Crippen molar-refractivity contribution in [3.8, 4) is 5.88 Å². The van der Waals surface area contributed by atoms with Gasteiger partial charge in [-0.15, -0.1) is 0 Å². The SMILES string of the molecule is CC1(Oc2cc(C(=N)c3ccnc(N4CCOCC4)c3)c(NC(c3ccccc3)(c3ccccc3)c3ccccc3)cn2)CC1. The zero-order chi connectivity index (χ0) is 30.7. The molecular formula is C38H37N5O2. The first-order valence-corrected chi connectivity index (χ1v) is 15.6. The number of rotatable bonds is 10. The molecule has 2 N–H and O–H groups in total. The number of nitrogens with one attached hydrogen (secondary N) is 2. The monoisotopic (exact) mass is 595 g/mol. The lowest BCUT2D eigenvalue weighted by molar-refractivity contribution is 0.122. The van der Waals surface area contributed by atoms with E-state index in [1.807, 2.05) is 42.6 Å². The number of benzene rings is 3. The lowest BCUT2D eigenvalue weighted by Gasteiger charge is -2.38. The van der Waals surface area contributed by atoms with Crippen LogP contribution in [0.5, 0.6) is 5.88 Å². The Kier molecular flexibility index (Phi) is 7.78. The molecule has 0 spiro atoms. The number of pyridine rings is 2. The van der Waals surface area contributed by atoms with Gasteiger partial charge in [-0.3, -0.25) is 5.41 Å². The molecule has 0 amide bonds. The number of anilines is 2. The highest BCUT2D eigenvalue weighted by Gasteiger charge is 2.41. The number of hydrogen-bond acceptors (Lipinski definition) is 7. The average molecular weight is 596 g/mol. The smallest absolute Gasteiger partial charge is 0.214 e. The van der Waals surface area contributed by atoms with Gasteiger partial charge in [0.15, 0.2) is 0 Å². The summed E-state index contributed by atoms with van der Waals surface area (Å²) in [5, 5.41) is 13.5. The van der Waals surface area contributed by atoms with Crippen molar-refractivity contribution in [3.63, 3.8) is 0 Å². The van der Waals surface area contributed by atoms with Gasteiger partial charge in [0.2, 0.25) is 5.88 Å². The summed E-state index contributed by atoms with van der Waals surface area (Å²) in [4.78, 5) is 11.6. The fraction of sp³-hybridized carbons (Fsp3) is 0.237. The molecule has 0 radical (unpaired) electrons. The van der Waals surface area contributed by atoms with Crippen molar-refractivity contribution in [3.05, 3.63) is 149 Å². The highest BCUT2D eigenvalue weighted by Crippen LogP contribution is 2.43. The minimum absolute atomic E-state index is 0.205. The minimum atomic E-state index is -0.775. The summed E-state index contributed by atoms with van der Waals surface area (Å²) in [6.45, 7) is 4.99. The first-order chi connectivity index (χ1) is 22.0. The molecule has 1 saturated carbocycles. The van der Waals surface area contributed by atoms with E-state index in [1.165, 1.54) is 0 Å². The summed E-state index contributed by atoms with van der Waals surface area (Å²) in [5.41, 5.74) is 4.81. The zero-order valence-corrected chi connectivity index (χ0v) is 25.4. The molecule has 3 aromatic carbocycles. The Bertz CT molecular complexity index is 1670. The van der Waals surface area contributed by atoms with Gasteiger partial charge in [-0.05, 0) is 48.6 Å². The molecule has 7 rings (SSSR count). The Morgan fingerprint density at radius 2 is 1.40 bits per heavy atom. The van der Waals surface area contributed by atoms with Crippen LogP contribution in [0.2, 0.25) is 0 Å². The Labute approximate surface area is 264 Å². The maximum absolute atomic E-state index is 9.59. The minimum Gasteiger partial charge on any atom is -0.471 e. The fourth-order valence-corrected chi connectivity index (χ4v) is 6.01. The summed E-state index contributed by atoms with van der Waals surface area (Å²) in [7, 11) is 0. The van der Waals surface area contributed by atoms with E-state index >= 15 is 0 Å². The maximum atomic E-state index is 9.59. The zero-order valence-electron chi connectivity index (χ0n) is 25.4. The van der Waals surface area contributed by atoms with Gasteiger partial charge in [0.25, 0.3) is 0 Å². The van der Waals surface area contributed by atoms with Crippen LogP contribution in [0.3, 0.4) is 0 Å². The van der Waals surface area contributed by atoms with E-state index in [4.69, 9.17) is 14.5 Å². The average Bonchev–Trinajstić information content (AvgIpc) is 3.85. The van der Waals surface area contributed by atoms with Crippen LogP contribution < -0.4 is 15.0 Å². The van der Waals surface area contributed by atoms with Crippen LogP contribution in [0.1, 0.15) is 47.6 Å². The third kappa shape index (κ3) is 5.91. The van der Waals surface area contributed by atoms with E-state index < -0.39 is 5.54 Å². The van der Waals surface area contributed by atoms with Gasteiger partial charge >= 0.3 is 0 Å². The van der Waals surface area contributed by atoms with E-state index in [-0.39, 0.29) is 5.60 Å². The predicted molar refractivity (Wildman–Crippen MR) is 179 cm³/mol. The van der Waals surface area contributed by atoms with E-state index in [1.54, 1.807) is 6.20 Å². The van der Waals surface area contributed by atoms with Gasteiger partial charge < -0.3 is 19.7 Å². The van der Waals surface area contributed by atoms with Crippen LogP contribution in [0.25, 0.3) is 0 Å². The maximum Gasteiger partial charge on any atom is 0.214 e. The number of morpholine rings is 1. The quantitative estimate of drug-likeness (QED) is 0.133. The van der Waals surface area contributed by atoms with E-state index in [0.717, 1.165) is 59.7 Å². The highest BCUT2D eigenvalue weighted by molar-refractivity contribution is 6.14. The predicted octanol–water partition coefficient (Wildman–Crippen LogP) is 7.06. The summed E-state index contributed by atoms with van der Waals surface area (Å²) in [6, 6.07) is 37.2. The van der Waals surface area contributed by atoms with Gasteiger partial charge in [0, 0.05) is 36.5 Å². The Morgan fingerprint density at radius 3 is 1.96 bits per heavy atom. The molecule has 2 fully saturated rings. The van der Waals surface area contributed by atoms with Gasteiger partial charge in [-0.2, -0.15) is 0 Å². The lowest BCUT2D eigenvalue weighted by Crippen LogP contribution is -2.38. The molecule has 2 aliphatic rings. The molecule has 0 bridgehead atoms. The van der Waals surface area contributed by atoms with Crippen molar-refractivity contribution in [2.75, 3.05) is 36.5 Å². The van der Waals surface area contributed by atoms with Crippen LogP contribution in [-0.4, -0.2) is 47.6 Å². The largest absolute Gasteiger partial charge is 0.471 e. The number of aromatic nitrogens is 2. The van der Waals surface area contributed by atoms with Crippen molar-refractivity contribution >= 4 is 17.2 Å². The van der Waals surface area contributed by atoms with Crippen molar-refractivity contribution in [1.82, 2.24) is 9.97 Å². The second-order valence-electron chi connectivity index (χ2n) is 12.0. The molecule has 0 atom stereocenters. The van der Waals surface area contributed by atoms with Gasteiger partial charge in [-0.1, -0.05) is 91.0 Å². The summed E-state index contributed by atoms with van der Waals surface area (Å²) in [5.74, 6) is 1.37. The molecule has 1 aliphatic heterocycles. The normalized spacial score (nSPS) is 15.7. The first-order valence-electron chi connectivity index (χ1n) is 15.6. The molecule has 226 valence electrons. The third-order valence-electron chi connectivity index (χ3n) is 8.77. The second kappa shape index (κ2) is 12.2. The lowest BCUT2D eigenvalue weighted by atomic mass is 9.76. The molecule has 2 aromatic heterocycles. The number of hydrogen-bond donors (Lipinski definition) is 2. The Morgan fingerprint density at radius 1 is 0.822 bits per heavy atom. The number of ether oxygens (including phenoxy) is 2. The van der Waals surface area contributed by atoms with E-state index in [0.29, 0.717) is 30.4 Å². The summed E-state index contributed by atoms with van der Waals surface area (Å²) >= 11 is 0. The van der Waals surface area contributed by atoms with Crippen molar-refractivity contribution in [2.45, 2.75) is 30.9 Å². The molecule has 7 heteroatoms. The van der Waals surface area contributed by atoms with Crippen LogP contribution in [0, 0.1) is 5.41 Å². The first kappa shape index (κ1) is 28.7. The molecular weight excluding hydrogens is 558 g/mol. The van der Waals surface area contributed by atoms with Gasteiger partial charge in [0.1, 0.15) is 17.0 Å². The van der Waals surface area contributed by atoms with Crippen molar-refractivity contribution < 1.29 is 9.47 Å². The Hall–Kier alpha value is -5.01. The highest BCUT2D eigenvalue weighted by atomic mass is 16.5. The van der Waals surface area contributed by atoms with Crippen LogP contribution >= 0.6 is 0 Å². The van der Waals surface area contributed by atoms with E-state index in [9.17, 15) is 5.41 Å². The van der Waals surface area contributed by atoms with Crippen LogP contribution in [-0.2, 0) is 10.3 Å². The molecule has 1 saturated heterocycles. The Balaban J connectivity index is 1.38. The van der Waals surface area contributed by atoms with Crippen molar-refractivity contribution in [1.29, 1.82) is 5.41 Å². The molecule has 45 heavy (non-hydrogen) atoms.